The molecule has 10 nitrogen and oxygen atoms in total. The molecule has 0 unspecified atom stereocenters. The van der Waals surface area contributed by atoms with E-state index < -0.39 is 5.91 Å². The predicted octanol–water partition coefficient (Wildman–Crippen LogP) is 2.31. The number of imidazole rings is 1. The summed E-state index contributed by atoms with van der Waals surface area (Å²) in [5.74, 6) is 0.651. The zero-order valence-corrected chi connectivity index (χ0v) is 19.4. The van der Waals surface area contributed by atoms with Crippen molar-refractivity contribution in [2.45, 2.75) is 46.2 Å². The third-order valence-electron chi connectivity index (χ3n) is 5.72. The van der Waals surface area contributed by atoms with Crippen LogP contribution in [0.3, 0.4) is 0 Å². The number of anilines is 1. The van der Waals surface area contributed by atoms with Crippen LogP contribution in [-0.4, -0.2) is 51.3 Å². The summed E-state index contributed by atoms with van der Waals surface area (Å²) in [6.45, 7) is 6.38. The van der Waals surface area contributed by atoms with E-state index in [9.17, 15) is 9.59 Å². The van der Waals surface area contributed by atoms with Crippen LogP contribution in [-0.2, 0) is 13.1 Å². The molecule has 1 fully saturated rings. The zero-order valence-electron chi connectivity index (χ0n) is 19.4. The average Bonchev–Trinajstić information content (AvgIpc) is 3.43. The zero-order chi connectivity index (χ0) is 23.5. The number of hydrogen-bond donors (Lipinski definition) is 3. The summed E-state index contributed by atoms with van der Waals surface area (Å²) in [5, 5.41) is 10.4. The number of primary amides is 1. The molecule has 4 N–H and O–H groups in total. The normalized spacial score (nSPS) is 13.4. The Morgan fingerprint density at radius 3 is 2.73 bits per heavy atom. The molecule has 4 rings (SSSR count). The second-order valence-corrected chi connectivity index (χ2v) is 8.44. The lowest BCUT2D eigenvalue weighted by Gasteiger charge is -2.13. The molecule has 0 radical (unpaired) electrons. The van der Waals surface area contributed by atoms with E-state index in [2.05, 4.69) is 20.7 Å². The van der Waals surface area contributed by atoms with E-state index in [-0.39, 0.29) is 5.91 Å². The summed E-state index contributed by atoms with van der Waals surface area (Å²) in [6, 6.07) is 5.07. The van der Waals surface area contributed by atoms with Gasteiger partial charge in [-0.1, -0.05) is 0 Å². The number of benzene rings is 1. The Kier molecular flexibility index (Phi) is 6.64. The van der Waals surface area contributed by atoms with Gasteiger partial charge in [-0.05, 0) is 70.8 Å². The maximum absolute atomic E-state index is 13.1. The first-order valence-corrected chi connectivity index (χ1v) is 11.4. The number of ether oxygens (including phenoxy) is 1. The summed E-state index contributed by atoms with van der Waals surface area (Å²) in [5.41, 5.74) is 8.44. The molecule has 1 aromatic carbocycles. The molecule has 2 aromatic heterocycles. The molecule has 176 valence electrons. The van der Waals surface area contributed by atoms with Crippen molar-refractivity contribution in [3.05, 3.63) is 35.2 Å². The molecule has 1 aliphatic carbocycles. The fraction of sp³-hybridized carbons (Fsp3) is 0.478. The van der Waals surface area contributed by atoms with Crippen LogP contribution in [0.5, 0.6) is 5.75 Å². The minimum atomic E-state index is -0.554. The first kappa shape index (κ1) is 22.8. The van der Waals surface area contributed by atoms with Gasteiger partial charge < -0.3 is 20.4 Å². The molecule has 0 saturated heterocycles. The van der Waals surface area contributed by atoms with E-state index in [0.717, 1.165) is 37.0 Å². The molecule has 0 spiro atoms. The molecule has 1 saturated carbocycles. The van der Waals surface area contributed by atoms with E-state index >= 15 is 0 Å². The summed E-state index contributed by atoms with van der Waals surface area (Å²) in [7, 11) is 1.89. The molecule has 0 bridgehead atoms. The molecule has 2 amide bonds. The van der Waals surface area contributed by atoms with Crippen LogP contribution >= 0.6 is 0 Å². The lowest BCUT2D eigenvalue weighted by atomic mass is 10.1. The van der Waals surface area contributed by atoms with Gasteiger partial charge in [0.1, 0.15) is 17.0 Å². The fourth-order valence-electron chi connectivity index (χ4n) is 3.88. The number of hydrogen-bond acceptors (Lipinski definition) is 6. The lowest BCUT2D eigenvalue weighted by Crippen LogP contribution is -2.20. The minimum Gasteiger partial charge on any atom is -0.491 e. The van der Waals surface area contributed by atoms with Crippen molar-refractivity contribution in [3.63, 3.8) is 0 Å². The number of fused-ring (bicyclic) bond motifs is 1. The van der Waals surface area contributed by atoms with Crippen molar-refractivity contribution in [1.82, 2.24) is 24.6 Å². The van der Waals surface area contributed by atoms with E-state index in [4.69, 9.17) is 10.5 Å². The Morgan fingerprint density at radius 1 is 1.27 bits per heavy atom. The van der Waals surface area contributed by atoms with Gasteiger partial charge in [-0.3, -0.25) is 19.6 Å². The monoisotopic (exact) mass is 453 g/mol. The van der Waals surface area contributed by atoms with Crippen molar-refractivity contribution < 1.29 is 14.3 Å². The Labute approximate surface area is 192 Å². The number of rotatable bonds is 11. The van der Waals surface area contributed by atoms with Gasteiger partial charge in [0.15, 0.2) is 0 Å². The van der Waals surface area contributed by atoms with Crippen LogP contribution < -0.4 is 21.1 Å². The van der Waals surface area contributed by atoms with Crippen LogP contribution in [0, 0.1) is 12.8 Å². The quantitative estimate of drug-likeness (QED) is 0.382. The topological polar surface area (TPSA) is 129 Å². The maximum Gasteiger partial charge on any atom is 0.276 e. The molecule has 2 heterocycles. The van der Waals surface area contributed by atoms with Crippen LogP contribution in [0.1, 0.15) is 52.7 Å². The Balaban J connectivity index is 1.75. The van der Waals surface area contributed by atoms with Crippen LogP contribution in [0.15, 0.2) is 18.2 Å². The highest BCUT2D eigenvalue weighted by atomic mass is 16.5. The molecule has 33 heavy (non-hydrogen) atoms. The van der Waals surface area contributed by atoms with Crippen molar-refractivity contribution in [3.8, 4) is 5.75 Å². The van der Waals surface area contributed by atoms with Gasteiger partial charge in [-0.2, -0.15) is 5.10 Å². The summed E-state index contributed by atoms with van der Waals surface area (Å²) >= 11 is 0. The molecular weight excluding hydrogens is 422 g/mol. The number of aromatic nitrogens is 4. The molecule has 3 aromatic rings. The average molecular weight is 454 g/mol. The summed E-state index contributed by atoms with van der Waals surface area (Å²) in [6.07, 6.45) is 3.07. The number of aryl methyl sites for hydroxylation is 2. The SMILES string of the molecule is CCn1nc(C)cc1C(=O)Nc1nc2cc(C(N)=O)cc(OCCCNC)c2n1CC1CC1. The molecule has 0 atom stereocenters. The largest absolute Gasteiger partial charge is 0.491 e. The number of carbonyl (C=O) groups excluding carboxylic acids is 2. The van der Waals surface area contributed by atoms with E-state index in [0.29, 0.717) is 54.1 Å². The number of nitrogens with zero attached hydrogens (tertiary/aromatic N) is 4. The molecule has 10 heteroatoms. The van der Waals surface area contributed by atoms with Crippen LogP contribution in [0.2, 0.25) is 0 Å². The van der Waals surface area contributed by atoms with Crippen molar-refractivity contribution in [2.24, 2.45) is 11.7 Å². The molecule has 1 aliphatic rings. The van der Waals surface area contributed by atoms with Crippen molar-refractivity contribution in [2.75, 3.05) is 25.5 Å². The first-order chi connectivity index (χ1) is 15.9. The van der Waals surface area contributed by atoms with E-state index in [1.807, 2.05) is 25.5 Å². The summed E-state index contributed by atoms with van der Waals surface area (Å²) in [4.78, 5) is 29.7. The second kappa shape index (κ2) is 9.62. The first-order valence-electron chi connectivity index (χ1n) is 11.4. The third-order valence-corrected chi connectivity index (χ3v) is 5.72. The van der Waals surface area contributed by atoms with Gasteiger partial charge in [-0.25, -0.2) is 4.98 Å². The smallest absolute Gasteiger partial charge is 0.276 e. The number of nitrogens with one attached hydrogen (secondary N) is 2. The van der Waals surface area contributed by atoms with Crippen LogP contribution in [0.25, 0.3) is 11.0 Å². The van der Waals surface area contributed by atoms with Gasteiger partial charge in [0.25, 0.3) is 5.91 Å². The second-order valence-electron chi connectivity index (χ2n) is 8.44. The third kappa shape index (κ3) is 5.00. The minimum absolute atomic E-state index is 0.281. The fourth-order valence-corrected chi connectivity index (χ4v) is 3.88. The van der Waals surface area contributed by atoms with Gasteiger partial charge in [0.05, 0.1) is 17.8 Å². The molecule has 0 aliphatic heterocycles. The van der Waals surface area contributed by atoms with Gasteiger partial charge >= 0.3 is 0 Å². The van der Waals surface area contributed by atoms with Gasteiger partial charge in [-0.15, -0.1) is 0 Å². The predicted molar refractivity (Wildman–Crippen MR) is 126 cm³/mol. The van der Waals surface area contributed by atoms with Gasteiger partial charge in [0, 0.05) is 18.7 Å². The highest BCUT2D eigenvalue weighted by Crippen LogP contribution is 2.37. The Morgan fingerprint density at radius 2 is 2.06 bits per heavy atom. The standard InChI is InChI=1S/C23H31N7O3/c1-4-30-18(10-14(2)28-30)22(32)27-23-26-17-11-16(21(24)31)12-19(33-9-5-8-25-3)20(17)29(23)13-15-6-7-15/h10-12,15,25H,4-9,13H2,1-3H3,(H2,24,31)(H,26,27,32). The van der Waals surface area contributed by atoms with Gasteiger partial charge in [0.2, 0.25) is 11.9 Å². The van der Waals surface area contributed by atoms with Crippen molar-refractivity contribution in [1.29, 1.82) is 0 Å². The lowest BCUT2D eigenvalue weighted by molar-refractivity contribution is 0.0995. The number of carbonyl (C=O) groups is 2. The summed E-state index contributed by atoms with van der Waals surface area (Å²) < 4.78 is 9.72. The van der Waals surface area contributed by atoms with Crippen LogP contribution in [0.4, 0.5) is 5.95 Å². The molecular formula is C23H31N7O3. The highest BCUT2D eigenvalue weighted by molar-refractivity contribution is 6.04. The van der Waals surface area contributed by atoms with Crippen molar-refractivity contribution >= 4 is 28.8 Å². The van der Waals surface area contributed by atoms with E-state index in [1.165, 1.54) is 0 Å². The Hall–Kier alpha value is -3.40. The van der Waals surface area contributed by atoms with E-state index in [1.54, 1.807) is 22.9 Å². The number of nitrogens with two attached hydrogens (primary N) is 1. The number of amides is 2. The maximum atomic E-state index is 13.1. The highest BCUT2D eigenvalue weighted by Gasteiger charge is 2.27. The Bertz CT molecular complexity index is 1180.